The summed E-state index contributed by atoms with van der Waals surface area (Å²) in [6, 6.07) is 8.42. The highest BCUT2D eigenvalue weighted by atomic mass is 35.5. The van der Waals surface area contributed by atoms with Crippen molar-refractivity contribution in [3.63, 3.8) is 0 Å². The Labute approximate surface area is 204 Å². The number of fused-ring (bicyclic) bond motifs is 2. The maximum Gasteiger partial charge on any atom is 0.262 e. The van der Waals surface area contributed by atoms with Crippen molar-refractivity contribution in [1.82, 2.24) is 4.90 Å². The smallest absolute Gasteiger partial charge is 0.262 e. The minimum absolute atomic E-state index is 0.110. The number of hydrogen-bond acceptors (Lipinski definition) is 5. The van der Waals surface area contributed by atoms with Gasteiger partial charge in [0.1, 0.15) is 12.3 Å². The van der Waals surface area contributed by atoms with Crippen molar-refractivity contribution in [2.75, 3.05) is 16.8 Å². The van der Waals surface area contributed by atoms with Crippen LogP contribution in [0.3, 0.4) is 0 Å². The molecule has 2 aromatic carbocycles. The van der Waals surface area contributed by atoms with Gasteiger partial charge in [0, 0.05) is 17.9 Å². The van der Waals surface area contributed by atoms with Gasteiger partial charge in [-0.1, -0.05) is 23.2 Å². The molecule has 4 amide bonds. The van der Waals surface area contributed by atoms with Crippen LogP contribution in [0.2, 0.25) is 10.0 Å². The van der Waals surface area contributed by atoms with Gasteiger partial charge < -0.3 is 14.6 Å². The van der Waals surface area contributed by atoms with Crippen LogP contribution in [-0.2, 0) is 11.2 Å². The van der Waals surface area contributed by atoms with Crippen LogP contribution >= 0.6 is 23.2 Å². The van der Waals surface area contributed by atoms with Crippen molar-refractivity contribution >= 4 is 58.2 Å². The summed E-state index contributed by atoms with van der Waals surface area (Å²) in [6.07, 6.45) is 3.47. The highest BCUT2D eigenvalue weighted by Gasteiger charge is 2.41. The predicted octanol–water partition coefficient (Wildman–Crippen LogP) is 4.41. The molecule has 3 aromatic rings. The molecular formula is C24H17Cl2N3O5. The van der Waals surface area contributed by atoms with Gasteiger partial charge in [-0.15, -0.1) is 0 Å². The number of imide groups is 1. The van der Waals surface area contributed by atoms with Gasteiger partial charge in [0.05, 0.1) is 33.0 Å². The number of hydrogen-bond donors (Lipinski definition) is 1. The maximum absolute atomic E-state index is 12.9. The van der Waals surface area contributed by atoms with Crippen LogP contribution in [-0.4, -0.2) is 41.1 Å². The summed E-state index contributed by atoms with van der Waals surface area (Å²) in [5.74, 6) is -1.91. The number of benzene rings is 2. The van der Waals surface area contributed by atoms with Crippen LogP contribution < -0.4 is 10.2 Å². The van der Waals surface area contributed by atoms with E-state index in [2.05, 4.69) is 5.32 Å². The fraction of sp³-hybridized carbons (Fsp3) is 0.167. The lowest BCUT2D eigenvalue weighted by Gasteiger charge is -2.22. The molecule has 0 fully saturated rings. The summed E-state index contributed by atoms with van der Waals surface area (Å²) in [4.78, 5) is 53.7. The molecule has 10 heteroatoms. The van der Waals surface area contributed by atoms with Crippen molar-refractivity contribution in [2.45, 2.75) is 19.4 Å². The summed E-state index contributed by atoms with van der Waals surface area (Å²) >= 11 is 12.0. The second-order valence-corrected chi connectivity index (χ2v) is 8.83. The molecule has 5 rings (SSSR count). The Morgan fingerprint density at radius 2 is 1.71 bits per heavy atom. The van der Waals surface area contributed by atoms with E-state index >= 15 is 0 Å². The Morgan fingerprint density at radius 3 is 2.32 bits per heavy atom. The van der Waals surface area contributed by atoms with Gasteiger partial charge in [-0.2, -0.15) is 0 Å². The fourth-order valence-corrected chi connectivity index (χ4v) is 4.53. The Kier molecular flexibility index (Phi) is 5.42. The number of nitrogens with one attached hydrogen (secondary N) is 1. The molecule has 0 aliphatic carbocycles. The summed E-state index contributed by atoms with van der Waals surface area (Å²) in [7, 11) is 0. The zero-order valence-electron chi connectivity index (χ0n) is 17.8. The van der Waals surface area contributed by atoms with E-state index in [1.165, 1.54) is 31.6 Å². The maximum atomic E-state index is 12.9. The van der Waals surface area contributed by atoms with E-state index in [9.17, 15) is 19.2 Å². The van der Waals surface area contributed by atoms with E-state index in [1.807, 2.05) is 0 Å². The molecule has 0 saturated carbocycles. The van der Waals surface area contributed by atoms with E-state index in [-0.39, 0.29) is 27.1 Å². The van der Waals surface area contributed by atoms with E-state index in [1.54, 1.807) is 29.2 Å². The minimum atomic E-state index is -1.07. The van der Waals surface area contributed by atoms with Gasteiger partial charge in [0.2, 0.25) is 5.91 Å². The first-order valence-electron chi connectivity index (χ1n) is 10.4. The molecule has 0 spiro atoms. The predicted molar refractivity (Wildman–Crippen MR) is 126 cm³/mol. The lowest BCUT2D eigenvalue weighted by Crippen LogP contribution is -2.45. The molecule has 0 bridgehead atoms. The Hall–Kier alpha value is -3.62. The molecule has 172 valence electrons. The zero-order valence-corrected chi connectivity index (χ0v) is 19.3. The number of rotatable bonds is 4. The lowest BCUT2D eigenvalue weighted by atomic mass is 10.1. The van der Waals surface area contributed by atoms with Crippen molar-refractivity contribution < 1.29 is 23.6 Å². The van der Waals surface area contributed by atoms with Crippen molar-refractivity contribution in [1.29, 1.82) is 0 Å². The third kappa shape index (κ3) is 3.55. The molecule has 34 heavy (non-hydrogen) atoms. The van der Waals surface area contributed by atoms with E-state index in [0.29, 0.717) is 24.2 Å². The van der Waals surface area contributed by atoms with Crippen LogP contribution in [0.15, 0.2) is 53.3 Å². The molecule has 1 N–H and O–H groups in total. The molecule has 0 saturated heterocycles. The van der Waals surface area contributed by atoms with Gasteiger partial charge in [-0.3, -0.25) is 24.1 Å². The Bertz CT molecular complexity index is 1330. The van der Waals surface area contributed by atoms with Gasteiger partial charge in [-0.05, 0) is 55.3 Å². The minimum Gasteiger partial charge on any atom is -0.472 e. The highest BCUT2D eigenvalue weighted by Crippen LogP contribution is 2.34. The third-order valence-corrected chi connectivity index (χ3v) is 6.70. The normalized spacial score (nSPS) is 15.4. The molecule has 0 radical (unpaired) electrons. The zero-order chi connectivity index (χ0) is 24.1. The fourth-order valence-electron chi connectivity index (χ4n) is 4.20. The van der Waals surface area contributed by atoms with Gasteiger partial charge in [-0.25, -0.2) is 0 Å². The average molecular weight is 498 g/mol. The number of amides is 4. The number of anilines is 2. The SMILES string of the molecule is CC(C(=O)Nc1ccc2c(c1)CCN2C(=O)c1ccoc1)N1C(=O)c2cc(Cl)c(Cl)cc2C1=O. The Morgan fingerprint density at radius 1 is 1.03 bits per heavy atom. The standard InChI is InChI=1S/C24H17Cl2N3O5/c1-12(29-23(32)16-9-18(25)19(26)10-17(16)24(29)33)21(30)27-15-2-3-20-13(8-15)4-6-28(20)22(31)14-5-7-34-11-14/h2-3,5,7-12H,4,6H2,1H3,(H,27,30). The van der Waals surface area contributed by atoms with Crippen LogP contribution in [0.4, 0.5) is 11.4 Å². The number of carbonyl (C=O) groups excluding carboxylic acids is 4. The Balaban J connectivity index is 1.32. The quantitative estimate of drug-likeness (QED) is 0.538. The molecule has 2 aliphatic heterocycles. The number of carbonyl (C=O) groups is 4. The second-order valence-electron chi connectivity index (χ2n) is 8.02. The molecule has 2 aliphatic rings. The lowest BCUT2D eigenvalue weighted by molar-refractivity contribution is -0.119. The summed E-state index contributed by atoms with van der Waals surface area (Å²) in [5, 5.41) is 3.06. The first-order chi connectivity index (χ1) is 16.3. The highest BCUT2D eigenvalue weighted by molar-refractivity contribution is 6.43. The molecule has 1 atom stereocenters. The summed E-state index contributed by atoms with van der Waals surface area (Å²) in [5.41, 5.74) is 2.83. The number of nitrogens with zero attached hydrogens (tertiary/aromatic N) is 2. The van der Waals surface area contributed by atoms with Crippen LogP contribution in [0.25, 0.3) is 0 Å². The number of halogens is 2. The molecule has 1 aromatic heterocycles. The first kappa shape index (κ1) is 22.2. The van der Waals surface area contributed by atoms with Gasteiger partial charge in [0.15, 0.2) is 0 Å². The van der Waals surface area contributed by atoms with Crippen molar-refractivity contribution in [2.24, 2.45) is 0 Å². The monoisotopic (exact) mass is 497 g/mol. The van der Waals surface area contributed by atoms with E-state index < -0.39 is 23.8 Å². The van der Waals surface area contributed by atoms with E-state index in [0.717, 1.165) is 16.2 Å². The van der Waals surface area contributed by atoms with E-state index in [4.69, 9.17) is 27.6 Å². The second kappa shape index (κ2) is 8.30. The van der Waals surface area contributed by atoms with Crippen LogP contribution in [0.5, 0.6) is 0 Å². The first-order valence-corrected chi connectivity index (χ1v) is 11.2. The van der Waals surface area contributed by atoms with Crippen LogP contribution in [0, 0.1) is 0 Å². The molecule has 1 unspecified atom stereocenters. The number of furan rings is 1. The molecule has 8 nitrogen and oxygen atoms in total. The summed E-state index contributed by atoms with van der Waals surface area (Å²) in [6.45, 7) is 1.98. The third-order valence-electron chi connectivity index (χ3n) is 5.98. The molecule has 3 heterocycles. The van der Waals surface area contributed by atoms with Gasteiger partial charge >= 0.3 is 0 Å². The van der Waals surface area contributed by atoms with Crippen molar-refractivity contribution in [3.8, 4) is 0 Å². The summed E-state index contributed by atoms with van der Waals surface area (Å²) < 4.78 is 5.00. The average Bonchev–Trinajstić information content (AvgIpc) is 3.54. The largest absolute Gasteiger partial charge is 0.472 e. The van der Waals surface area contributed by atoms with Crippen LogP contribution in [0.1, 0.15) is 43.6 Å². The molecular weight excluding hydrogens is 481 g/mol. The topological polar surface area (TPSA) is 99.9 Å². The van der Waals surface area contributed by atoms with Crippen molar-refractivity contribution in [3.05, 3.63) is 81.2 Å². The van der Waals surface area contributed by atoms with Gasteiger partial charge in [0.25, 0.3) is 17.7 Å².